The molecule has 0 fully saturated rings. The molecule has 0 unspecified atom stereocenters. The zero-order chi connectivity index (χ0) is 15.5. The predicted molar refractivity (Wildman–Crippen MR) is 97.7 cm³/mol. The van der Waals surface area contributed by atoms with E-state index in [2.05, 4.69) is 34.9 Å². The molecule has 0 heterocycles. The van der Waals surface area contributed by atoms with E-state index in [1.807, 2.05) is 25.1 Å². The fourth-order valence-corrected chi connectivity index (χ4v) is 3.39. The van der Waals surface area contributed by atoms with Gasteiger partial charge in [0, 0.05) is 10.7 Å². The fourth-order valence-electron chi connectivity index (χ4n) is 2.96. The summed E-state index contributed by atoms with van der Waals surface area (Å²) in [6.07, 6.45) is 3.45. The first-order valence-corrected chi connectivity index (χ1v) is 8.34. The molecule has 0 bridgehead atoms. The van der Waals surface area contributed by atoms with Gasteiger partial charge in [-0.25, -0.2) is 0 Å². The molecule has 0 saturated carbocycles. The number of nitrogens with one attached hydrogen (secondary N) is 2. The molecule has 1 aliphatic carbocycles. The van der Waals surface area contributed by atoms with Gasteiger partial charge in [-0.2, -0.15) is 0 Å². The van der Waals surface area contributed by atoms with Gasteiger partial charge in [-0.05, 0) is 67.2 Å². The second-order valence-corrected chi connectivity index (χ2v) is 6.47. The van der Waals surface area contributed by atoms with Crippen molar-refractivity contribution in [3.8, 4) is 0 Å². The summed E-state index contributed by atoms with van der Waals surface area (Å²) in [7, 11) is 0. The Morgan fingerprint density at radius 1 is 1.18 bits per heavy atom. The van der Waals surface area contributed by atoms with Crippen molar-refractivity contribution in [1.82, 2.24) is 5.32 Å². The van der Waals surface area contributed by atoms with E-state index in [0.29, 0.717) is 5.11 Å². The lowest BCUT2D eigenvalue weighted by Crippen LogP contribution is -2.34. The van der Waals surface area contributed by atoms with E-state index in [4.69, 9.17) is 23.8 Å². The zero-order valence-corrected chi connectivity index (χ0v) is 14.1. The monoisotopic (exact) mass is 330 g/mol. The highest BCUT2D eigenvalue weighted by Gasteiger charge is 2.20. The van der Waals surface area contributed by atoms with Crippen LogP contribution in [0.3, 0.4) is 0 Å². The Hall–Kier alpha value is -1.58. The van der Waals surface area contributed by atoms with Gasteiger partial charge in [0.05, 0.1) is 6.04 Å². The first-order valence-electron chi connectivity index (χ1n) is 7.55. The zero-order valence-electron chi connectivity index (χ0n) is 12.5. The number of fused-ring (bicyclic) bond motifs is 1. The average Bonchev–Trinajstić information content (AvgIpc) is 2.52. The van der Waals surface area contributed by atoms with Gasteiger partial charge in [-0.1, -0.05) is 41.9 Å². The van der Waals surface area contributed by atoms with Crippen LogP contribution in [0.15, 0.2) is 42.5 Å². The lowest BCUT2D eigenvalue weighted by atomic mass is 9.88. The number of aryl methyl sites for hydroxylation is 1. The van der Waals surface area contributed by atoms with Crippen LogP contribution in [0.25, 0.3) is 0 Å². The summed E-state index contributed by atoms with van der Waals surface area (Å²) in [5.41, 5.74) is 4.75. The summed E-state index contributed by atoms with van der Waals surface area (Å²) < 4.78 is 0. The van der Waals surface area contributed by atoms with E-state index in [0.717, 1.165) is 29.1 Å². The Labute approximate surface area is 141 Å². The van der Waals surface area contributed by atoms with Crippen molar-refractivity contribution >= 4 is 34.6 Å². The molecule has 4 heteroatoms. The number of hydrogen-bond donors (Lipinski definition) is 2. The summed E-state index contributed by atoms with van der Waals surface area (Å²) in [5, 5.41) is 8.10. The summed E-state index contributed by atoms with van der Waals surface area (Å²) in [6, 6.07) is 14.7. The lowest BCUT2D eigenvalue weighted by molar-refractivity contribution is 0.529. The van der Waals surface area contributed by atoms with Crippen LogP contribution >= 0.6 is 23.8 Å². The summed E-state index contributed by atoms with van der Waals surface area (Å²) in [4.78, 5) is 0. The fraction of sp³-hybridized carbons (Fsp3) is 0.278. The van der Waals surface area contributed by atoms with E-state index < -0.39 is 0 Å². The number of anilines is 1. The maximum absolute atomic E-state index is 6.15. The van der Waals surface area contributed by atoms with Crippen LogP contribution in [-0.2, 0) is 6.42 Å². The van der Waals surface area contributed by atoms with Crippen molar-refractivity contribution in [3.63, 3.8) is 0 Å². The number of hydrogen-bond acceptors (Lipinski definition) is 1. The topological polar surface area (TPSA) is 24.1 Å². The molecule has 2 nitrogen and oxygen atoms in total. The van der Waals surface area contributed by atoms with E-state index in [1.54, 1.807) is 0 Å². The quantitative estimate of drug-likeness (QED) is 0.757. The molecular formula is C18H19ClN2S. The van der Waals surface area contributed by atoms with Gasteiger partial charge < -0.3 is 10.6 Å². The van der Waals surface area contributed by atoms with Crippen molar-refractivity contribution < 1.29 is 0 Å². The molecule has 114 valence electrons. The Kier molecular flexibility index (Phi) is 4.65. The van der Waals surface area contributed by atoms with Crippen LogP contribution in [0.4, 0.5) is 5.69 Å². The largest absolute Gasteiger partial charge is 0.356 e. The second kappa shape index (κ2) is 6.67. The Morgan fingerprint density at radius 3 is 2.86 bits per heavy atom. The van der Waals surface area contributed by atoms with Crippen LogP contribution in [0.1, 0.15) is 35.6 Å². The maximum Gasteiger partial charge on any atom is 0.171 e. The first kappa shape index (κ1) is 15.3. The average molecular weight is 331 g/mol. The van der Waals surface area contributed by atoms with Crippen LogP contribution in [0.2, 0.25) is 5.02 Å². The number of halogens is 1. The van der Waals surface area contributed by atoms with Gasteiger partial charge in [-0.3, -0.25) is 0 Å². The molecule has 1 atom stereocenters. The third-order valence-electron chi connectivity index (χ3n) is 4.19. The summed E-state index contributed by atoms with van der Waals surface area (Å²) in [6.45, 7) is 1.99. The molecular weight excluding hydrogens is 312 g/mol. The van der Waals surface area contributed by atoms with Gasteiger partial charge in [0.2, 0.25) is 0 Å². The molecule has 0 spiro atoms. The van der Waals surface area contributed by atoms with E-state index in [9.17, 15) is 0 Å². The molecule has 22 heavy (non-hydrogen) atoms. The molecule has 0 saturated heterocycles. The Balaban J connectivity index is 1.72. The normalized spacial score (nSPS) is 16.7. The Bertz CT molecular complexity index is 699. The van der Waals surface area contributed by atoms with Crippen LogP contribution in [0, 0.1) is 6.92 Å². The van der Waals surface area contributed by atoms with Gasteiger partial charge >= 0.3 is 0 Å². The van der Waals surface area contributed by atoms with Crippen molar-refractivity contribution in [2.75, 3.05) is 5.32 Å². The number of thiocarbonyl (C=S) groups is 1. The summed E-state index contributed by atoms with van der Waals surface area (Å²) in [5.74, 6) is 0. The van der Waals surface area contributed by atoms with Crippen molar-refractivity contribution in [1.29, 1.82) is 0 Å². The molecule has 2 aromatic carbocycles. The lowest BCUT2D eigenvalue weighted by Gasteiger charge is -2.27. The van der Waals surface area contributed by atoms with Gasteiger partial charge in [-0.15, -0.1) is 0 Å². The van der Waals surface area contributed by atoms with Gasteiger partial charge in [0.25, 0.3) is 0 Å². The van der Waals surface area contributed by atoms with Gasteiger partial charge in [0.1, 0.15) is 0 Å². The molecule has 2 aromatic rings. The van der Waals surface area contributed by atoms with E-state index >= 15 is 0 Å². The highest BCUT2D eigenvalue weighted by atomic mass is 35.5. The van der Waals surface area contributed by atoms with Crippen LogP contribution < -0.4 is 10.6 Å². The minimum Gasteiger partial charge on any atom is -0.356 e. The Morgan fingerprint density at radius 2 is 2.00 bits per heavy atom. The highest BCUT2D eigenvalue weighted by Crippen LogP contribution is 2.29. The van der Waals surface area contributed by atoms with E-state index in [1.165, 1.54) is 17.5 Å². The van der Waals surface area contributed by atoms with Crippen molar-refractivity contribution in [2.24, 2.45) is 0 Å². The highest BCUT2D eigenvalue weighted by molar-refractivity contribution is 7.80. The molecule has 0 aliphatic heterocycles. The molecule has 0 aromatic heterocycles. The SMILES string of the molecule is Cc1c(Cl)cccc1NC(=S)N[C@H]1CCCc2ccccc21. The molecule has 0 radical (unpaired) electrons. The first-order chi connectivity index (χ1) is 10.6. The summed E-state index contributed by atoms with van der Waals surface area (Å²) >= 11 is 11.6. The number of benzene rings is 2. The van der Waals surface area contributed by atoms with Crippen molar-refractivity contribution in [3.05, 3.63) is 64.2 Å². The smallest absolute Gasteiger partial charge is 0.171 e. The molecule has 3 rings (SSSR count). The molecule has 0 amide bonds. The standard InChI is InChI=1S/C18H19ClN2S/c1-12-15(19)9-5-10-16(12)20-18(22)21-17-11-4-7-13-6-2-3-8-14(13)17/h2-3,5-6,8-10,17H,4,7,11H2,1H3,(H2,20,21,22)/t17-/m0/s1. The third-order valence-corrected chi connectivity index (χ3v) is 4.82. The van der Waals surface area contributed by atoms with E-state index in [-0.39, 0.29) is 6.04 Å². The maximum atomic E-state index is 6.15. The van der Waals surface area contributed by atoms with Gasteiger partial charge in [0.15, 0.2) is 5.11 Å². The van der Waals surface area contributed by atoms with Crippen molar-refractivity contribution in [2.45, 2.75) is 32.2 Å². The number of rotatable bonds is 2. The third kappa shape index (κ3) is 3.26. The minimum atomic E-state index is 0.282. The molecule has 2 N–H and O–H groups in total. The van der Waals surface area contributed by atoms with Crippen LogP contribution in [-0.4, -0.2) is 5.11 Å². The van der Waals surface area contributed by atoms with Crippen LogP contribution in [0.5, 0.6) is 0 Å². The minimum absolute atomic E-state index is 0.282. The second-order valence-electron chi connectivity index (χ2n) is 5.65. The molecule has 1 aliphatic rings. The predicted octanol–water partition coefficient (Wildman–Crippen LogP) is 5.01.